The van der Waals surface area contributed by atoms with Gasteiger partial charge in [0.2, 0.25) is 0 Å². The average molecular weight is 432 g/mol. The number of urea groups is 1. The molecule has 0 spiro atoms. The molecule has 0 saturated heterocycles. The van der Waals surface area contributed by atoms with Gasteiger partial charge >= 0.3 is 12.0 Å². The monoisotopic (exact) mass is 432 g/mol. The Kier molecular flexibility index (Phi) is 5.85. The molecule has 1 aliphatic rings. The van der Waals surface area contributed by atoms with Crippen molar-refractivity contribution in [3.63, 3.8) is 0 Å². The molecule has 8 heteroatoms. The SMILES string of the molecule is C=CCOC(=O)C1=C(C)NC(=O)N[C@H]1c1cn(-c2ccccc2)nc1-c1ccc(F)cc1. The number of esters is 1. The highest BCUT2D eigenvalue weighted by molar-refractivity contribution is 5.95. The number of rotatable bonds is 6. The fraction of sp³-hybridized carbons (Fsp3) is 0.125. The summed E-state index contributed by atoms with van der Waals surface area (Å²) in [6.45, 7) is 5.23. The molecule has 4 rings (SSSR count). The van der Waals surface area contributed by atoms with Crippen molar-refractivity contribution in [3.05, 3.63) is 96.1 Å². The molecule has 0 radical (unpaired) electrons. The van der Waals surface area contributed by atoms with Crippen LogP contribution in [-0.4, -0.2) is 28.4 Å². The predicted molar refractivity (Wildman–Crippen MR) is 117 cm³/mol. The molecule has 2 amide bonds. The summed E-state index contributed by atoms with van der Waals surface area (Å²) in [5.41, 5.74) is 3.13. The van der Waals surface area contributed by atoms with Gasteiger partial charge in [-0.15, -0.1) is 0 Å². The number of para-hydroxylation sites is 1. The van der Waals surface area contributed by atoms with Crippen LogP contribution in [0.4, 0.5) is 9.18 Å². The zero-order valence-corrected chi connectivity index (χ0v) is 17.3. The Balaban J connectivity index is 1.88. The minimum absolute atomic E-state index is 0.0321. The van der Waals surface area contributed by atoms with E-state index in [0.29, 0.717) is 22.5 Å². The third-order valence-electron chi connectivity index (χ3n) is 5.01. The Bertz CT molecular complexity index is 1200. The van der Waals surface area contributed by atoms with Gasteiger partial charge < -0.3 is 15.4 Å². The van der Waals surface area contributed by atoms with Crippen LogP contribution in [-0.2, 0) is 9.53 Å². The second-order valence-corrected chi connectivity index (χ2v) is 7.18. The molecule has 1 atom stereocenters. The molecule has 2 heterocycles. The largest absolute Gasteiger partial charge is 0.458 e. The van der Waals surface area contributed by atoms with E-state index in [1.165, 1.54) is 18.2 Å². The van der Waals surface area contributed by atoms with E-state index in [9.17, 15) is 14.0 Å². The number of halogens is 1. The van der Waals surface area contributed by atoms with Crippen LogP contribution in [0.25, 0.3) is 16.9 Å². The summed E-state index contributed by atoms with van der Waals surface area (Å²) in [7, 11) is 0. The third kappa shape index (κ3) is 4.15. The van der Waals surface area contributed by atoms with Crippen molar-refractivity contribution in [2.75, 3.05) is 6.61 Å². The van der Waals surface area contributed by atoms with Crippen molar-refractivity contribution in [1.82, 2.24) is 20.4 Å². The van der Waals surface area contributed by atoms with Gasteiger partial charge in [0, 0.05) is 23.0 Å². The molecule has 0 saturated carbocycles. The van der Waals surface area contributed by atoms with Crippen LogP contribution in [0.15, 0.2) is 84.7 Å². The van der Waals surface area contributed by atoms with Crippen LogP contribution in [0.5, 0.6) is 0 Å². The molecular formula is C24H21FN4O3. The Labute approximate surface area is 184 Å². The van der Waals surface area contributed by atoms with E-state index in [2.05, 4.69) is 17.2 Å². The van der Waals surface area contributed by atoms with Crippen molar-refractivity contribution < 1.29 is 18.7 Å². The minimum atomic E-state index is -0.821. The van der Waals surface area contributed by atoms with E-state index < -0.39 is 18.0 Å². The highest BCUT2D eigenvalue weighted by Gasteiger charge is 2.35. The lowest BCUT2D eigenvalue weighted by molar-refractivity contribution is -0.138. The molecule has 0 fully saturated rings. The molecule has 2 aromatic carbocycles. The van der Waals surface area contributed by atoms with E-state index in [1.54, 1.807) is 29.9 Å². The van der Waals surface area contributed by atoms with Gasteiger partial charge in [0.25, 0.3) is 0 Å². The van der Waals surface area contributed by atoms with Gasteiger partial charge in [-0.05, 0) is 43.3 Å². The first kappa shape index (κ1) is 21.0. The predicted octanol–water partition coefficient (Wildman–Crippen LogP) is 4.04. The number of nitrogens with one attached hydrogen (secondary N) is 2. The summed E-state index contributed by atoms with van der Waals surface area (Å²) < 4.78 is 20.5. The molecule has 0 aliphatic carbocycles. The number of benzene rings is 2. The summed E-state index contributed by atoms with van der Waals surface area (Å²) in [6.07, 6.45) is 3.22. The summed E-state index contributed by atoms with van der Waals surface area (Å²) in [5.74, 6) is -0.963. The van der Waals surface area contributed by atoms with Gasteiger partial charge in [0.15, 0.2) is 0 Å². The fourth-order valence-electron chi connectivity index (χ4n) is 3.55. The number of allylic oxidation sites excluding steroid dienone is 1. The van der Waals surface area contributed by atoms with Crippen LogP contribution in [0.1, 0.15) is 18.5 Å². The summed E-state index contributed by atoms with van der Waals surface area (Å²) in [4.78, 5) is 25.1. The topological polar surface area (TPSA) is 85.2 Å². The van der Waals surface area contributed by atoms with Gasteiger partial charge in [-0.3, -0.25) is 0 Å². The number of ether oxygens (including phenoxy) is 1. The minimum Gasteiger partial charge on any atom is -0.458 e. The number of hydrogen-bond donors (Lipinski definition) is 2. The number of carbonyl (C=O) groups excluding carboxylic acids is 2. The smallest absolute Gasteiger partial charge is 0.338 e. The van der Waals surface area contributed by atoms with Crippen molar-refractivity contribution in [1.29, 1.82) is 0 Å². The quantitative estimate of drug-likeness (QED) is 0.455. The number of hydrogen-bond acceptors (Lipinski definition) is 4. The number of aromatic nitrogens is 2. The lowest BCUT2D eigenvalue weighted by atomic mass is 9.94. The van der Waals surface area contributed by atoms with Crippen molar-refractivity contribution >= 4 is 12.0 Å². The van der Waals surface area contributed by atoms with Gasteiger partial charge in [-0.2, -0.15) is 5.10 Å². The van der Waals surface area contributed by atoms with Crippen LogP contribution in [0.2, 0.25) is 0 Å². The first-order chi connectivity index (χ1) is 15.5. The Morgan fingerprint density at radius 3 is 2.62 bits per heavy atom. The average Bonchev–Trinajstić information content (AvgIpc) is 3.23. The Morgan fingerprint density at radius 1 is 1.22 bits per heavy atom. The van der Waals surface area contributed by atoms with E-state index in [0.717, 1.165) is 5.69 Å². The molecule has 1 aromatic heterocycles. The third-order valence-corrected chi connectivity index (χ3v) is 5.01. The van der Waals surface area contributed by atoms with Crippen molar-refractivity contribution in [2.24, 2.45) is 0 Å². The molecule has 162 valence electrons. The normalized spacial score (nSPS) is 15.7. The van der Waals surface area contributed by atoms with Gasteiger partial charge in [0.05, 0.1) is 23.0 Å². The van der Waals surface area contributed by atoms with Crippen LogP contribution < -0.4 is 10.6 Å². The first-order valence-corrected chi connectivity index (χ1v) is 9.95. The molecule has 0 bridgehead atoms. The van der Waals surface area contributed by atoms with E-state index in [4.69, 9.17) is 9.84 Å². The van der Waals surface area contributed by atoms with Crippen molar-refractivity contribution in [2.45, 2.75) is 13.0 Å². The molecule has 2 N–H and O–H groups in total. The van der Waals surface area contributed by atoms with Crippen molar-refractivity contribution in [3.8, 4) is 16.9 Å². The van der Waals surface area contributed by atoms with E-state index >= 15 is 0 Å². The van der Waals surface area contributed by atoms with Gasteiger partial charge in [0.1, 0.15) is 12.4 Å². The maximum absolute atomic E-state index is 13.5. The summed E-state index contributed by atoms with van der Waals surface area (Å²) >= 11 is 0. The number of amides is 2. The standard InChI is InChI=1S/C24H21FN4O3/c1-3-13-32-23(30)20-15(2)26-24(31)27-22(20)19-14-29(18-7-5-4-6-8-18)28-21(19)16-9-11-17(25)12-10-16/h3-12,14,22H,1,13H2,2H3,(H2,26,27,31)/t22-/m0/s1. The zero-order valence-electron chi connectivity index (χ0n) is 17.3. The van der Waals surface area contributed by atoms with Crippen LogP contribution >= 0.6 is 0 Å². The Hall–Kier alpha value is -4.20. The van der Waals surface area contributed by atoms with E-state index in [-0.39, 0.29) is 18.0 Å². The van der Waals surface area contributed by atoms with E-state index in [1.807, 2.05) is 30.3 Å². The summed E-state index contributed by atoms with van der Waals surface area (Å²) in [6, 6.07) is 14.0. The molecule has 3 aromatic rings. The zero-order chi connectivity index (χ0) is 22.7. The number of nitrogens with zero attached hydrogens (tertiary/aromatic N) is 2. The van der Waals surface area contributed by atoms with Gasteiger partial charge in [-0.25, -0.2) is 18.7 Å². The lowest BCUT2D eigenvalue weighted by Crippen LogP contribution is -2.45. The first-order valence-electron chi connectivity index (χ1n) is 9.95. The molecule has 1 aliphatic heterocycles. The molecular weight excluding hydrogens is 411 g/mol. The highest BCUT2D eigenvalue weighted by Crippen LogP contribution is 2.35. The molecule has 7 nitrogen and oxygen atoms in total. The lowest BCUT2D eigenvalue weighted by Gasteiger charge is -2.27. The number of carbonyl (C=O) groups is 2. The maximum Gasteiger partial charge on any atom is 0.338 e. The fourth-order valence-corrected chi connectivity index (χ4v) is 3.55. The second kappa shape index (κ2) is 8.89. The van der Waals surface area contributed by atoms with Crippen LogP contribution in [0.3, 0.4) is 0 Å². The van der Waals surface area contributed by atoms with Gasteiger partial charge in [-0.1, -0.05) is 30.9 Å². The Morgan fingerprint density at radius 2 is 1.94 bits per heavy atom. The molecule has 32 heavy (non-hydrogen) atoms. The second-order valence-electron chi connectivity index (χ2n) is 7.18. The van der Waals surface area contributed by atoms with Crippen LogP contribution in [0, 0.1) is 5.82 Å². The summed E-state index contributed by atoms with van der Waals surface area (Å²) in [5, 5.41) is 10.1. The molecule has 0 unspecified atom stereocenters. The highest BCUT2D eigenvalue weighted by atomic mass is 19.1. The maximum atomic E-state index is 13.5.